The van der Waals surface area contributed by atoms with Gasteiger partial charge >= 0.3 is 12.2 Å². The van der Waals surface area contributed by atoms with Gasteiger partial charge in [-0.05, 0) is 116 Å². The lowest BCUT2D eigenvalue weighted by Gasteiger charge is -2.29. The maximum atomic E-state index is 15.2. The van der Waals surface area contributed by atoms with Crippen molar-refractivity contribution >= 4 is 104 Å². The number of carbonyl (C=O) groups excluding carboxylic acids is 12. The first kappa shape index (κ1) is 76.8. The molecule has 10 atom stereocenters. The van der Waals surface area contributed by atoms with Crippen LogP contribution in [0.2, 0.25) is 0 Å². The minimum absolute atomic E-state index is 0.0589. The van der Waals surface area contributed by atoms with E-state index in [1.54, 1.807) is 102 Å². The van der Waals surface area contributed by atoms with Gasteiger partial charge in [0.2, 0.25) is 47.3 Å². The Morgan fingerprint density at radius 1 is 0.619 bits per heavy atom. The quantitative estimate of drug-likeness (QED) is 0.0284. The smallest absolute Gasteiger partial charge is 0.408 e. The molecule has 14 N–H and O–H groups in total. The van der Waals surface area contributed by atoms with Gasteiger partial charge in [-0.25, -0.2) is 9.59 Å². The van der Waals surface area contributed by atoms with Crippen LogP contribution in [0.3, 0.4) is 0 Å². The van der Waals surface area contributed by atoms with Gasteiger partial charge in [0.25, 0.3) is 11.8 Å². The number of benzene rings is 3. The number of para-hydroxylation sites is 1. The van der Waals surface area contributed by atoms with E-state index in [0.717, 1.165) is 38.6 Å². The predicted octanol–water partition coefficient (Wildman–Crippen LogP) is 1.47. The summed E-state index contributed by atoms with van der Waals surface area (Å²) < 4.78 is 10.9. The number of fused-ring (bicyclic) bond motifs is 1. The van der Waals surface area contributed by atoms with Crippen LogP contribution in [0.1, 0.15) is 97.8 Å². The SMILES string of the molecule is C[C@@H](O)C1NC(=O)C(CCCCNC(=O)OC(C)(C)C)NC(=O)[C@@H](Cc2c[nH]c3ccccc23)NC(=O)[C@H](Cc2ccc(O)cc2)NC(=O)[C@@H](NC(=O)[C@@H](Cc2ccccc2)NC(=O)OC(C)(C)C)CSSC[C@@H](C(=O)N[C@H](C(=O)NCCCN2C(=O)C=CC2=O)[C@@H](C)O)NC1=O. The van der Waals surface area contributed by atoms with Crippen LogP contribution in [0.15, 0.2) is 97.2 Å². The number of nitrogens with zero attached hydrogens (tertiary/aromatic N) is 1. The molecule has 0 saturated carbocycles. The van der Waals surface area contributed by atoms with Gasteiger partial charge in [0.15, 0.2) is 0 Å². The van der Waals surface area contributed by atoms with Crippen LogP contribution in [0, 0.1) is 0 Å². The van der Waals surface area contributed by atoms with Gasteiger partial charge in [0, 0.05) is 79.7 Å². The maximum absolute atomic E-state index is 15.2. The topological polar surface area (TPSA) is 423 Å². The number of ether oxygens (including phenoxy) is 2. The van der Waals surface area contributed by atoms with E-state index in [0.29, 0.717) is 27.6 Å². The normalized spacial score (nSPS) is 20.7. The van der Waals surface area contributed by atoms with Crippen LogP contribution < -0.4 is 53.2 Å². The fraction of sp³-hybridized carbons (Fsp3) is 0.485. The summed E-state index contributed by atoms with van der Waals surface area (Å²) in [5, 5.41) is 59.4. The number of aromatic amines is 1. The van der Waals surface area contributed by atoms with Crippen LogP contribution in [-0.4, -0.2) is 199 Å². The molecule has 0 aliphatic carbocycles. The molecule has 4 aromatic rings. The number of imide groups is 1. The minimum Gasteiger partial charge on any atom is -0.508 e. The Balaban J connectivity index is 1.41. The maximum Gasteiger partial charge on any atom is 0.408 e. The molecular weight excluding hydrogens is 1300 g/mol. The van der Waals surface area contributed by atoms with Crippen molar-refractivity contribution in [1.82, 2.24) is 63.1 Å². The number of carbonyl (C=O) groups is 12. The van der Waals surface area contributed by atoms with Crippen molar-refractivity contribution in [2.24, 2.45) is 0 Å². The molecule has 0 radical (unpaired) electrons. The standard InChI is InChI=1S/C66H88N12O17S2/c1-37(79)53(61(90)67-29-16-30-78-51(82)26-27-52(78)83)76-60(89)50-36-97-96-35-49(73-57(86)47(31-39-17-10-9-11-18-39)75-64(93)95-66(6,7)8)59(88)71-46(32-40-22-24-42(81)25-23-40)56(85)72-48(33-41-34-69-44-20-13-12-19-43(41)44)58(87)70-45(55(84)77-54(38(2)80)62(91)74-50)21-14-15-28-68-63(92)94-65(3,4)5/h9-13,17-20,22-27,34,37-38,45-50,53-54,69,79-81H,14-16,21,28-33,35-36H2,1-8H3,(H,67,90)(H,68,92)(H,70,87)(H,71,88)(H,72,85)(H,73,86)(H,74,91)(H,75,93)(H,76,89)(H,77,84)/t37-,38-,45?,46+,47-,48-,49+,50+,53+,54?/m1/s1. The van der Waals surface area contributed by atoms with E-state index in [9.17, 15) is 58.5 Å². The number of rotatable bonds is 23. The summed E-state index contributed by atoms with van der Waals surface area (Å²) in [7, 11) is 1.75. The Hall–Kier alpha value is -9.20. The Morgan fingerprint density at radius 3 is 1.86 bits per heavy atom. The van der Waals surface area contributed by atoms with Crippen molar-refractivity contribution in [3.63, 3.8) is 0 Å². The molecule has 1 aromatic heterocycles. The summed E-state index contributed by atoms with van der Waals surface area (Å²) in [5.41, 5.74) is 0.416. The summed E-state index contributed by atoms with van der Waals surface area (Å²) in [6.07, 6.45) is -1.46. The van der Waals surface area contributed by atoms with E-state index >= 15 is 14.4 Å². The van der Waals surface area contributed by atoms with E-state index in [-0.39, 0.29) is 76.1 Å². The van der Waals surface area contributed by atoms with Crippen molar-refractivity contribution in [3.8, 4) is 5.75 Å². The van der Waals surface area contributed by atoms with Gasteiger partial charge in [-0.2, -0.15) is 0 Å². The number of H-pyrrole nitrogens is 1. The Morgan fingerprint density at radius 2 is 1.21 bits per heavy atom. The molecule has 1 fully saturated rings. The summed E-state index contributed by atoms with van der Waals surface area (Å²) in [6, 6.07) is 8.54. The molecule has 526 valence electrons. The number of aliphatic hydroxyl groups is 2. The number of unbranched alkanes of at least 4 members (excludes halogenated alkanes) is 1. The van der Waals surface area contributed by atoms with Crippen molar-refractivity contribution in [2.45, 2.75) is 172 Å². The van der Waals surface area contributed by atoms with E-state index in [4.69, 9.17) is 9.47 Å². The summed E-state index contributed by atoms with van der Waals surface area (Å²) in [4.78, 5) is 172. The molecule has 6 rings (SSSR count). The van der Waals surface area contributed by atoms with Gasteiger partial charge in [0.05, 0.1) is 12.2 Å². The average molecular weight is 1390 g/mol. The molecule has 2 aliphatic heterocycles. The molecule has 1 saturated heterocycles. The van der Waals surface area contributed by atoms with E-state index in [1.807, 2.05) is 0 Å². The van der Waals surface area contributed by atoms with Crippen LogP contribution in [0.4, 0.5) is 9.59 Å². The number of nitrogens with one attached hydrogen (secondary N) is 11. The van der Waals surface area contributed by atoms with Crippen molar-refractivity contribution in [2.75, 3.05) is 31.1 Å². The number of amides is 12. The molecule has 3 heterocycles. The first-order chi connectivity index (χ1) is 45.8. The monoisotopic (exact) mass is 1380 g/mol. The molecule has 12 amide bonds. The third-order valence-electron chi connectivity index (χ3n) is 15.0. The number of aliphatic hydroxyl groups excluding tert-OH is 2. The summed E-state index contributed by atoms with van der Waals surface area (Å²) >= 11 is 0. The number of hydrogen-bond acceptors (Lipinski definition) is 19. The molecule has 3 aromatic carbocycles. The highest BCUT2D eigenvalue weighted by atomic mass is 33.1. The molecule has 0 spiro atoms. The largest absolute Gasteiger partial charge is 0.508 e. The van der Waals surface area contributed by atoms with E-state index in [2.05, 4.69) is 58.2 Å². The van der Waals surface area contributed by atoms with Crippen LogP contribution in [-0.2, 0) is 76.7 Å². The number of alkyl carbamates (subject to hydrolysis) is 2. The predicted molar refractivity (Wildman–Crippen MR) is 360 cm³/mol. The second-order valence-electron chi connectivity index (χ2n) is 25.4. The fourth-order valence-corrected chi connectivity index (χ4v) is 12.4. The van der Waals surface area contributed by atoms with Gasteiger partial charge in [-0.3, -0.25) is 52.8 Å². The minimum atomic E-state index is -1.87. The number of phenolic OH excluding ortho intramolecular Hbond substituents is 1. The number of aromatic nitrogens is 1. The second-order valence-corrected chi connectivity index (χ2v) is 27.9. The molecule has 2 unspecified atom stereocenters. The average Bonchev–Trinajstić information content (AvgIpc) is 1.78. The van der Waals surface area contributed by atoms with Gasteiger partial charge in [0.1, 0.15) is 65.3 Å². The molecule has 0 bridgehead atoms. The molecule has 29 nitrogen and oxygen atoms in total. The molecule has 97 heavy (non-hydrogen) atoms. The fourth-order valence-electron chi connectivity index (χ4n) is 10.0. The van der Waals surface area contributed by atoms with Gasteiger partial charge in [-0.1, -0.05) is 82.3 Å². The van der Waals surface area contributed by atoms with Crippen molar-refractivity contribution in [1.29, 1.82) is 0 Å². The zero-order chi connectivity index (χ0) is 71.1. The highest BCUT2D eigenvalue weighted by Gasteiger charge is 2.38. The van der Waals surface area contributed by atoms with Crippen LogP contribution >= 0.6 is 21.6 Å². The van der Waals surface area contributed by atoms with E-state index < -0.39 is 149 Å². The Bertz CT molecular complexity index is 3450. The first-order valence-corrected chi connectivity index (χ1v) is 34.2. The van der Waals surface area contributed by atoms with Gasteiger partial charge < -0.3 is 82.9 Å². The molecule has 31 heteroatoms. The summed E-state index contributed by atoms with van der Waals surface area (Å²) in [5.74, 6) is -9.85. The Kier molecular flexibility index (Phi) is 28.7. The number of aromatic hydroxyl groups is 1. The highest BCUT2D eigenvalue weighted by molar-refractivity contribution is 8.76. The lowest BCUT2D eigenvalue weighted by Crippen LogP contribution is -2.63. The number of hydrogen-bond donors (Lipinski definition) is 14. The first-order valence-electron chi connectivity index (χ1n) is 31.7. The lowest BCUT2D eigenvalue weighted by molar-refractivity contribution is -0.137. The Labute approximate surface area is 569 Å². The number of phenols is 1. The van der Waals surface area contributed by atoms with Crippen molar-refractivity contribution in [3.05, 3.63) is 114 Å². The van der Waals surface area contributed by atoms with Gasteiger partial charge in [-0.15, -0.1) is 0 Å². The lowest BCUT2D eigenvalue weighted by atomic mass is 10.0. The highest BCUT2D eigenvalue weighted by Crippen LogP contribution is 2.25. The summed E-state index contributed by atoms with van der Waals surface area (Å²) in [6.45, 7) is 12.2. The second kappa shape index (κ2) is 36.2. The molecular formula is C66H88N12O17S2. The third kappa shape index (κ3) is 25.1. The van der Waals surface area contributed by atoms with Crippen LogP contribution in [0.25, 0.3) is 10.9 Å². The zero-order valence-corrected chi connectivity index (χ0v) is 57.0. The molecule has 2 aliphatic rings. The van der Waals surface area contributed by atoms with E-state index in [1.165, 1.54) is 38.1 Å². The van der Waals surface area contributed by atoms with Crippen molar-refractivity contribution < 1.29 is 82.3 Å². The zero-order valence-electron chi connectivity index (χ0n) is 55.3. The third-order valence-corrected chi connectivity index (χ3v) is 17.4. The van der Waals surface area contributed by atoms with Crippen LogP contribution in [0.5, 0.6) is 5.75 Å².